The van der Waals surface area contributed by atoms with Crippen molar-refractivity contribution in [3.8, 4) is 11.3 Å². The molecule has 0 aliphatic rings. The highest BCUT2D eigenvalue weighted by Gasteiger charge is 2.30. The molecule has 0 bridgehead atoms. The van der Waals surface area contributed by atoms with Crippen molar-refractivity contribution in [2.24, 2.45) is 0 Å². The minimum absolute atomic E-state index is 0.211. The molecule has 0 saturated heterocycles. The second-order valence-electron chi connectivity index (χ2n) is 6.09. The van der Waals surface area contributed by atoms with Crippen LogP contribution in [0.3, 0.4) is 0 Å². The molecule has 148 valence electrons. The van der Waals surface area contributed by atoms with E-state index in [0.29, 0.717) is 16.8 Å². The van der Waals surface area contributed by atoms with Crippen molar-refractivity contribution >= 4 is 33.5 Å². The molecule has 0 unspecified atom stereocenters. The lowest BCUT2D eigenvalue weighted by Crippen LogP contribution is -2.24. The summed E-state index contributed by atoms with van der Waals surface area (Å²) in [5, 5.41) is 4.31. The Morgan fingerprint density at radius 2 is 1.97 bits per heavy atom. The highest BCUT2D eigenvalue weighted by molar-refractivity contribution is 7.14. The first-order chi connectivity index (χ1) is 13.8. The first kappa shape index (κ1) is 18.9. The van der Waals surface area contributed by atoms with E-state index < -0.39 is 23.4 Å². The Balaban J connectivity index is 1.51. The van der Waals surface area contributed by atoms with Crippen LogP contribution < -0.4 is 11.1 Å². The molecule has 0 saturated carbocycles. The largest absolute Gasteiger partial charge is 0.420 e. The van der Waals surface area contributed by atoms with E-state index in [1.165, 1.54) is 16.7 Å². The van der Waals surface area contributed by atoms with Crippen LogP contribution in [0, 0.1) is 0 Å². The Labute approximate surface area is 165 Å². The molecule has 0 radical (unpaired) electrons. The number of alkyl halides is 3. The zero-order chi connectivity index (χ0) is 20.6. The van der Waals surface area contributed by atoms with Crippen LogP contribution in [0.15, 0.2) is 63.1 Å². The lowest BCUT2D eigenvalue weighted by Gasteiger charge is -2.07. The van der Waals surface area contributed by atoms with Crippen LogP contribution in [-0.4, -0.2) is 15.5 Å². The van der Waals surface area contributed by atoms with Gasteiger partial charge >= 0.3 is 11.9 Å². The van der Waals surface area contributed by atoms with Gasteiger partial charge in [0.2, 0.25) is 5.91 Å². The van der Waals surface area contributed by atoms with E-state index in [2.05, 4.69) is 10.3 Å². The monoisotopic (exact) mass is 419 g/mol. The van der Waals surface area contributed by atoms with Crippen molar-refractivity contribution in [1.29, 1.82) is 0 Å². The second kappa shape index (κ2) is 7.21. The van der Waals surface area contributed by atoms with Crippen LogP contribution in [0.4, 0.5) is 18.3 Å². The van der Waals surface area contributed by atoms with Gasteiger partial charge in [-0.15, -0.1) is 11.3 Å². The van der Waals surface area contributed by atoms with Crippen molar-refractivity contribution in [2.75, 3.05) is 5.32 Å². The number of oxazole rings is 1. The van der Waals surface area contributed by atoms with Gasteiger partial charge in [-0.1, -0.05) is 24.3 Å². The van der Waals surface area contributed by atoms with Crippen molar-refractivity contribution in [2.45, 2.75) is 12.7 Å². The van der Waals surface area contributed by atoms with Gasteiger partial charge in [0.15, 0.2) is 10.7 Å². The van der Waals surface area contributed by atoms with Gasteiger partial charge in [-0.3, -0.25) is 9.36 Å². The van der Waals surface area contributed by atoms with E-state index in [4.69, 9.17) is 4.42 Å². The van der Waals surface area contributed by atoms with Crippen LogP contribution in [0.5, 0.6) is 0 Å². The van der Waals surface area contributed by atoms with Gasteiger partial charge in [-0.05, 0) is 24.3 Å². The summed E-state index contributed by atoms with van der Waals surface area (Å²) < 4.78 is 44.9. The molecule has 2 aromatic carbocycles. The molecule has 1 N–H and O–H groups in total. The number of carbonyl (C=O) groups is 1. The number of benzene rings is 2. The van der Waals surface area contributed by atoms with E-state index >= 15 is 0 Å². The molecule has 2 heterocycles. The van der Waals surface area contributed by atoms with Crippen LogP contribution in [0.1, 0.15) is 5.56 Å². The Morgan fingerprint density at radius 3 is 2.76 bits per heavy atom. The number of halogens is 3. The minimum Gasteiger partial charge on any atom is -0.408 e. The fourth-order valence-corrected chi connectivity index (χ4v) is 3.52. The average Bonchev–Trinajstić information content (AvgIpc) is 3.26. The summed E-state index contributed by atoms with van der Waals surface area (Å²) in [6.07, 6.45) is -4.45. The number of carbonyl (C=O) groups excluding carboxylic acids is 1. The molecule has 1 amide bonds. The third-order valence-corrected chi connectivity index (χ3v) is 4.87. The van der Waals surface area contributed by atoms with Crippen LogP contribution >= 0.6 is 11.3 Å². The minimum atomic E-state index is -4.45. The molecule has 0 spiro atoms. The van der Waals surface area contributed by atoms with Crippen LogP contribution in [0.25, 0.3) is 22.4 Å². The Morgan fingerprint density at radius 1 is 1.17 bits per heavy atom. The second-order valence-corrected chi connectivity index (χ2v) is 6.94. The lowest BCUT2D eigenvalue weighted by molar-refractivity contribution is -0.137. The number of anilines is 1. The molecule has 0 aliphatic heterocycles. The third-order valence-electron chi connectivity index (χ3n) is 4.11. The molecular weight excluding hydrogens is 407 g/mol. The number of amides is 1. The number of rotatable bonds is 4. The molecule has 4 rings (SSSR count). The highest BCUT2D eigenvalue weighted by atomic mass is 32.1. The number of hydrogen-bond acceptors (Lipinski definition) is 5. The van der Waals surface area contributed by atoms with Gasteiger partial charge in [-0.2, -0.15) is 13.2 Å². The standard InChI is InChI=1S/C19H12F3N3O3S/c20-19(21,22)12-5-3-4-11(8-12)13-10-29-17(23-13)24-16(26)9-25-14-6-1-2-7-15(14)28-18(25)27/h1-8,10H,9H2,(H,23,24,26). The molecule has 4 aromatic rings. The Hall–Kier alpha value is -3.40. The van der Waals surface area contributed by atoms with Crippen LogP contribution in [0.2, 0.25) is 0 Å². The molecule has 0 fully saturated rings. The molecule has 29 heavy (non-hydrogen) atoms. The van der Waals surface area contributed by atoms with Gasteiger partial charge in [0, 0.05) is 10.9 Å². The smallest absolute Gasteiger partial charge is 0.408 e. The SMILES string of the molecule is O=C(Cn1c(=O)oc2ccccc21)Nc1nc(-c2cccc(C(F)(F)F)c2)cs1. The van der Waals surface area contributed by atoms with Crippen molar-refractivity contribution in [3.05, 3.63) is 70.0 Å². The van der Waals surface area contributed by atoms with Gasteiger partial charge in [0.05, 0.1) is 16.8 Å². The number of aromatic nitrogens is 2. The summed E-state index contributed by atoms with van der Waals surface area (Å²) in [5.74, 6) is -1.17. The lowest BCUT2D eigenvalue weighted by atomic mass is 10.1. The number of nitrogens with zero attached hydrogens (tertiary/aromatic N) is 2. The summed E-state index contributed by atoms with van der Waals surface area (Å²) in [6, 6.07) is 11.5. The predicted molar refractivity (Wildman–Crippen MR) is 102 cm³/mol. The molecule has 0 atom stereocenters. The Bertz CT molecular complexity index is 1260. The molecule has 10 heteroatoms. The summed E-state index contributed by atoms with van der Waals surface area (Å²) in [5.41, 5.74) is 0.665. The first-order valence-electron chi connectivity index (χ1n) is 8.32. The summed E-state index contributed by atoms with van der Waals surface area (Å²) in [4.78, 5) is 28.4. The normalized spacial score (nSPS) is 11.7. The fraction of sp³-hybridized carbons (Fsp3) is 0.105. The average molecular weight is 419 g/mol. The summed E-state index contributed by atoms with van der Waals surface area (Å²) in [7, 11) is 0. The van der Waals surface area contributed by atoms with Gasteiger partial charge in [0.1, 0.15) is 6.54 Å². The van der Waals surface area contributed by atoms with Crippen molar-refractivity contribution in [1.82, 2.24) is 9.55 Å². The van der Waals surface area contributed by atoms with E-state index in [-0.39, 0.29) is 17.2 Å². The van der Waals surface area contributed by atoms with Crippen molar-refractivity contribution < 1.29 is 22.4 Å². The van der Waals surface area contributed by atoms with E-state index in [0.717, 1.165) is 23.5 Å². The zero-order valence-corrected chi connectivity index (χ0v) is 15.4. The van der Waals surface area contributed by atoms with Crippen LogP contribution in [-0.2, 0) is 17.5 Å². The number of fused-ring (bicyclic) bond motifs is 1. The zero-order valence-electron chi connectivity index (χ0n) is 14.6. The molecule has 6 nitrogen and oxygen atoms in total. The number of para-hydroxylation sites is 2. The molecular formula is C19H12F3N3O3S. The van der Waals surface area contributed by atoms with Gasteiger partial charge in [-0.25, -0.2) is 9.78 Å². The maximum Gasteiger partial charge on any atom is 0.420 e. The maximum absolute atomic E-state index is 12.9. The van der Waals surface area contributed by atoms with Crippen molar-refractivity contribution in [3.63, 3.8) is 0 Å². The first-order valence-corrected chi connectivity index (χ1v) is 9.20. The molecule has 2 aromatic heterocycles. The number of nitrogens with one attached hydrogen (secondary N) is 1. The maximum atomic E-state index is 12.9. The highest BCUT2D eigenvalue weighted by Crippen LogP contribution is 2.33. The third kappa shape index (κ3) is 3.92. The van der Waals surface area contributed by atoms with E-state index in [9.17, 15) is 22.8 Å². The molecule has 0 aliphatic carbocycles. The summed E-state index contributed by atoms with van der Waals surface area (Å²) in [6.45, 7) is -0.283. The quantitative estimate of drug-likeness (QED) is 0.533. The van der Waals surface area contributed by atoms with E-state index in [1.807, 2.05) is 0 Å². The summed E-state index contributed by atoms with van der Waals surface area (Å²) >= 11 is 1.07. The number of thiazole rings is 1. The number of hydrogen-bond donors (Lipinski definition) is 1. The Kier molecular flexibility index (Phi) is 4.71. The van der Waals surface area contributed by atoms with E-state index in [1.54, 1.807) is 29.6 Å². The predicted octanol–water partition coefficient (Wildman–Crippen LogP) is 4.38. The van der Waals surface area contributed by atoms with Gasteiger partial charge < -0.3 is 9.73 Å². The van der Waals surface area contributed by atoms with Gasteiger partial charge in [0.25, 0.3) is 0 Å². The fourth-order valence-electron chi connectivity index (χ4n) is 2.78. The topological polar surface area (TPSA) is 77.1 Å².